The van der Waals surface area contributed by atoms with Gasteiger partial charge in [0, 0.05) is 19.5 Å². The Labute approximate surface area is 121 Å². The standard InChI is InChI=1S/C14H29N3O3/c1-4-15-9-7-13(19)17-12(10-18)14(20)16-8-5-6-11(2)3/h11-12,15,18H,4-10H2,1-3H3,(H,16,20)(H,17,19)/t12-/m1/s1. The average Bonchev–Trinajstić information content (AvgIpc) is 2.40. The molecule has 0 bridgehead atoms. The fourth-order valence-corrected chi connectivity index (χ4v) is 1.68. The van der Waals surface area contributed by atoms with E-state index in [1.165, 1.54) is 0 Å². The Morgan fingerprint density at radius 1 is 1.20 bits per heavy atom. The van der Waals surface area contributed by atoms with Crippen LogP contribution in [0.25, 0.3) is 0 Å². The summed E-state index contributed by atoms with van der Waals surface area (Å²) in [5.41, 5.74) is 0. The fraction of sp³-hybridized carbons (Fsp3) is 0.857. The first-order valence-corrected chi connectivity index (χ1v) is 7.39. The summed E-state index contributed by atoms with van der Waals surface area (Å²) in [5.74, 6) is 0.0432. The second kappa shape index (κ2) is 11.7. The van der Waals surface area contributed by atoms with Gasteiger partial charge in [-0.05, 0) is 25.3 Å². The van der Waals surface area contributed by atoms with Crippen molar-refractivity contribution in [3.05, 3.63) is 0 Å². The van der Waals surface area contributed by atoms with Crippen LogP contribution in [0.3, 0.4) is 0 Å². The first kappa shape index (κ1) is 18.9. The highest BCUT2D eigenvalue weighted by Gasteiger charge is 2.18. The highest BCUT2D eigenvalue weighted by atomic mass is 16.3. The van der Waals surface area contributed by atoms with Crippen LogP contribution in [0, 0.1) is 5.92 Å². The molecule has 0 radical (unpaired) electrons. The molecule has 0 unspecified atom stereocenters. The number of nitrogens with one attached hydrogen (secondary N) is 3. The van der Waals surface area contributed by atoms with E-state index >= 15 is 0 Å². The van der Waals surface area contributed by atoms with Gasteiger partial charge in [0.15, 0.2) is 0 Å². The van der Waals surface area contributed by atoms with Gasteiger partial charge in [-0.1, -0.05) is 20.8 Å². The van der Waals surface area contributed by atoms with Gasteiger partial charge < -0.3 is 21.1 Å². The van der Waals surface area contributed by atoms with Crippen molar-refractivity contribution in [1.29, 1.82) is 0 Å². The van der Waals surface area contributed by atoms with Crippen molar-refractivity contribution in [3.63, 3.8) is 0 Å². The topological polar surface area (TPSA) is 90.5 Å². The third-order valence-corrected chi connectivity index (χ3v) is 2.87. The third-order valence-electron chi connectivity index (χ3n) is 2.87. The van der Waals surface area contributed by atoms with Crippen molar-refractivity contribution in [1.82, 2.24) is 16.0 Å². The lowest BCUT2D eigenvalue weighted by Crippen LogP contribution is -2.49. The van der Waals surface area contributed by atoms with Crippen LogP contribution in [-0.4, -0.2) is 49.2 Å². The second-order valence-electron chi connectivity index (χ2n) is 5.23. The lowest BCUT2D eigenvalue weighted by molar-refractivity contribution is -0.129. The van der Waals surface area contributed by atoms with Crippen LogP contribution in [0.2, 0.25) is 0 Å². The first-order chi connectivity index (χ1) is 9.51. The molecule has 0 aromatic carbocycles. The number of aliphatic hydroxyl groups excluding tert-OH is 1. The van der Waals surface area contributed by atoms with E-state index in [0.717, 1.165) is 19.4 Å². The minimum absolute atomic E-state index is 0.234. The fourth-order valence-electron chi connectivity index (χ4n) is 1.68. The Balaban J connectivity index is 3.92. The summed E-state index contributed by atoms with van der Waals surface area (Å²) in [4.78, 5) is 23.4. The van der Waals surface area contributed by atoms with Gasteiger partial charge in [0.2, 0.25) is 11.8 Å². The molecule has 0 spiro atoms. The molecule has 0 saturated carbocycles. The van der Waals surface area contributed by atoms with Gasteiger partial charge in [-0.2, -0.15) is 0 Å². The maximum atomic E-state index is 11.8. The highest BCUT2D eigenvalue weighted by Crippen LogP contribution is 2.01. The van der Waals surface area contributed by atoms with E-state index in [1.807, 2.05) is 6.92 Å². The van der Waals surface area contributed by atoms with Crippen molar-refractivity contribution < 1.29 is 14.7 Å². The monoisotopic (exact) mass is 287 g/mol. The van der Waals surface area contributed by atoms with Crippen molar-refractivity contribution >= 4 is 11.8 Å². The molecule has 0 aromatic rings. The molecule has 2 amide bonds. The van der Waals surface area contributed by atoms with Gasteiger partial charge in [-0.15, -0.1) is 0 Å². The molecule has 0 aliphatic rings. The first-order valence-electron chi connectivity index (χ1n) is 7.39. The third kappa shape index (κ3) is 9.75. The van der Waals surface area contributed by atoms with Crippen molar-refractivity contribution in [2.45, 2.75) is 46.1 Å². The largest absolute Gasteiger partial charge is 0.394 e. The van der Waals surface area contributed by atoms with Crippen LogP contribution in [-0.2, 0) is 9.59 Å². The number of hydrogen-bond donors (Lipinski definition) is 4. The normalized spacial score (nSPS) is 12.2. The zero-order valence-electron chi connectivity index (χ0n) is 12.9. The van der Waals surface area contributed by atoms with Gasteiger partial charge >= 0.3 is 0 Å². The van der Waals surface area contributed by atoms with Gasteiger partial charge in [-0.25, -0.2) is 0 Å². The molecule has 0 fully saturated rings. The SMILES string of the molecule is CCNCCC(=O)N[C@H](CO)C(=O)NCCCC(C)C. The number of hydrogen-bond acceptors (Lipinski definition) is 4. The smallest absolute Gasteiger partial charge is 0.244 e. The number of amides is 2. The van der Waals surface area contributed by atoms with Crippen LogP contribution in [0.15, 0.2) is 0 Å². The molecule has 20 heavy (non-hydrogen) atoms. The van der Waals surface area contributed by atoms with Crippen LogP contribution in [0.4, 0.5) is 0 Å². The average molecular weight is 287 g/mol. The number of carbonyl (C=O) groups is 2. The lowest BCUT2D eigenvalue weighted by atomic mass is 10.1. The van der Waals surface area contributed by atoms with Crippen molar-refractivity contribution in [2.24, 2.45) is 5.92 Å². The molecule has 0 aliphatic carbocycles. The van der Waals surface area contributed by atoms with E-state index in [9.17, 15) is 14.7 Å². The summed E-state index contributed by atoms with van der Waals surface area (Å²) < 4.78 is 0. The summed E-state index contributed by atoms with van der Waals surface area (Å²) in [6.07, 6.45) is 2.24. The van der Waals surface area contributed by atoms with E-state index < -0.39 is 6.04 Å². The minimum atomic E-state index is -0.858. The highest BCUT2D eigenvalue weighted by molar-refractivity contribution is 5.87. The predicted octanol–water partition coefficient (Wildman–Crippen LogP) is 0.0155. The van der Waals surface area contributed by atoms with Crippen LogP contribution in [0.5, 0.6) is 0 Å². The molecule has 0 aromatic heterocycles. The Kier molecular flexibility index (Phi) is 11.0. The maximum Gasteiger partial charge on any atom is 0.244 e. The summed E-state index contributed by atoms with van der Waals surface area (Å²) in [6, 6.07) is -0.858. The van der Waals surface area contributed by atoms with Crippen LogP contribution in [0.1, 0.15) is 40.0 Å². The molecule has 0 aliphatic heterocycles. The van der Waals surface area contributed by atoms with Gasteiger partial charge in [0.25, 0.3) is 0 Å². The molecule has 1 atom stereocenters. The summed E-state index contributed by atoms with van der Waals surface area (Å²) >= 11 is 0. The molecule has 0 heterocycles. The lowest BCUT2D eigenvalue weighted by Gasteiger charge is -2.16. The molecule has 0 saturated heterocycles. The summed E-state index contributed by atoms with van der Waals surface area (Å²) in [6.45, 7) is 7.76. The summed E-state index contributed by atoms with van der Waals surface area (Å²) in [5, 5.41) is 17.5. The van der Waals surface area contributed by atoms with Crippen LogP contribution < -0.4 is 16.0 Å². The Morgan fingerprint density at radius 3 is 2.45 bits per heavy atom. The molecule has 6 heteroatoms. The van der Waals surface area contributed by atoms with E-state index in [-0.39, 0.29) is 18.4 Å². The molecule has 4 N–H and O–H groups in total. The molecule has 0 rings (SSSR count). The minimum Gasteiger partial charge on any atom is -0.394 e. The van der Waals surface area contributed by atoms with E-state index in [4.69, 9.17) is 0 Å². The van der Waals surface area contributed by atoms with Gasteiger partial charge in [0.05, 0.1) is 6.61 Å². The zero-order valence-corrected chi connectivity index (χ0v) is 12.9. The van der Waals surface area contributed by atoms with Gasteiger partial charge in [0.1, 0.15) is 6.04 Å². The van der Waals surface area contributed by atoms with Crippen LogP contribution >= 0.6 is 0 Å². The summed E-state index contributed by atoms with van der Waals surface area (Å²) in [7, 11) is 0. The van der Waals surface area contributed by atoms with E-state index in [2.05, 4.69) is 29.8 Å². The quantitative estimate of drug-likeness (QED) is 0.403. The Morgan fingerprint density at radius 2 is 1.90 bits per heavy atom. The second-order valence-corrected chi connectivity index (χ2v) is 5.23. The number of aliphatic hydroxyl groups is 1. The Bertz CT molecular complexity index is 283. The van der Waals surface area contributed by atoms with Crippen molar-refractivity contribution in [3.8, 4) is 0 Å². The molecule has 6 nitrogen and oxygen atoms in total. The van der Waals surface area contributed by atoms with E-state index in [1.54, 1.807) is 0 Å². The molecular weight excluding hydrogens is 258 g/mol. The maximum absolute atomic E-state index is 11.8. The molecular formula is C14H29N3O3. The predicted molar refractivity (Wildman–Crippen MR) is 79.3 cm³/mol. The zero-order chi connectivity index (χ0) is 15.4. The Hall–Kier alpha value is -1.14. The number of carbonyl (C=O) groups excluding carboxylic acids is 2. The van der Waals surface area contributed by atoms with Crippen molar-refractivity contribution in [2.75, 3.05) is 26.2 Å². The number of rotatable bonds is 11. The van der Waals surface area contributed by atoms with E-state index in [0.29, 0.717) is 25.4 Å². The molecule has 118 valence electrons. The van der Waals surface area contributed by atoms with Gasteiger partial charge in [-0.3, -0.25) is 9.59 Å².